The van der Waals surface area contributed by atoms with E-state index in [1.54, 1.807) is 60.7 Å². The number of amides is 3. The van der Waals surface area contributed by atoms with Gasteiger partial charge in [-0.3, -0.25) is 25.2 Å². The molecule has 3 N–H and O–H groups in total. The molecule has 0 aliphatic rings. The Morgan fingerprint density at radius 1 is 0.688 bits per heavy atom. The number of sulfone groups is 1. The Kier molecular flexibility index (Phi) is 7.01. The minimum atomic E-state index is -3.39. The summed E-state index contributed by atoms with van der Waals surface area (Å²) >= 11 is 0. The third-order valence-corrected chi connectivity index (χ3v) is 5.68. The summed E-state index contributed by atoms with van der Waals surface area (Å²) < 4.78 is 23.1. The molecule has 0 aliphatic heterocycles. The highest BCUT2D eigenvalue weighted by molar-refractivity contribution is 7.90. The van der Waals surface area contributed by atoms with Gasteiger partial charge in [0.1, 0.15) is 6.04 Å². The van der Waals surface area contributed by atoms with E-state index in [1.165, 1.54) is 24.3 Å². The molecule has 0 heterocycles. The first-order chi connectivity index (χ1) is 15.3. The van der Waals surface area contributed by atoms with Crippen molar-refractivity contribution in [2.45, 2.75) is 10.9 Å². The molecular formula is C23H21N3O5S. The summed E-state index contributed by atoms with van der Waals surface area (Å²) in [4.78, 5) is 37.8. The molecule has 3 aromatic rings. The molecule has 0 aliphatic carbocycles. The van der Waals surface area contributed by atoms with Gasteiger partial charge >= 0.3 is 0 Å². The zero-order valence-corrected chi connectivity index (χ0v) is 17.9. The fourth-order valence-corrected chi connectivity index (χ4v) is 3.50. The van der Waals surface area contributed by atoms with Crippen molar-refractivity contribution in [2.75, 3.05) is 6.26 Å². The van der Waals surface area contributed by atoms with Gasteiger partial charge in [-0.05, 0) is 42.0 Å². The molecule has 0 aromatic heterocycles. The molecule has 0 spiro atoms. The Morgan fingerprint density at radius 3 is 1.78 bits per heavy atom. The molecule has 0 saturated carbocycles. The Bertz CT molecular complexity index is 1210. The van der Waals surface area contributed by atoms with Gasteiger partial charge in [-0.1, -0.05) is 48.5 Å². The summed E-state index contributed by atoms with van der Waals surface area (Å²) in [6, 6.07) is 21.3. The lowest BCUT2D eigenvalue weighted by Crippen LogP contribution is -2.48. The van der Waals surface area contributed by atoms with Crippen LogP contribution >= 0.6 is 0 Å². The van der Waals surface area contributed by atoms with Crippen molar-refractivity contribution in [1.82, 2.24) is 16.2 Å². The molecule has 0 radical (unpaired) electrons. The fourth-order valence-electron chi connectivity index (χ4n) is 2.87. The van der Waals surface area contributed by atoms with Gasteiger partial charge in [-0.15, -0.1) is 0 Å². The quantitative estimate of drug-likeness (QED) is 0.495. The first-order valence-corrected chi connectivity index (χ1v) is 11.5. The van der Waals surface area contributed by atoms with Gasteiger partial charge < -0.3 is 5.32 Å². The van der Waals surface area contributed by atoms with Gasteiger partial charge in [0.15, 0.2) is 9.84 Å². The summed E-state index contributed by atoms with van der Waals surface area (Å²) in [5.74, 6) is -1.74. The Hall–Kier alpha value is -3.98. The van der Waals surface area contributed by atoms with Crippen molar-refractivity contribution in [3.63, 3.8) is 0 Å². The molecule has 0 bridgehead atoms. The normalized spacial score (nSPS) is 11.8. The highest BCUT2D eigenvalue weighted by Gasteiger charge is 2.24. The molecular weight excluding hydrogens is 430 g/mol. The lowest BCUT2D eigenvalue weighted by atomic mass is 10.1. The fraction of sp³-hybridized carbons (Fsp3) is 0.0870. The molecule has 164 valence electrons. The van der Waals surface area contributed by atoms with Crippen molar-refractivity contribution in [1.29, 1.82) is 0 Å². The van der Waals surface area contributed by atoms with Gasteiger partial charge in [-0.2, -0.15) is 0 Å². The monoisotopic (exact) mass is 451 g/mol. The minimum Gasteiger partial charge on any atom is -0.336 e. The second-order valence-electron chi connectivity index (χ2n) is 6.92. The highest BCUT2D eigenvalue weighted by Crippen LogP contribution is 2.14. The number of hydrogen-bond donors (Lipinski definition) is 3. The van der Waals surface area contributed by atoms with Crippen molar-refractivity contribution in [3.05, 3.63) is 102 Å². The number of carbonyl (C=O) groups excluding carboxylic acids is 3. The Morgan fingerprint density at radius 2 is 1.22 bits per heavy atom. The van der Waals surface area contributed by atoms with Crippen LogP contribution in [0.4, 0.5) is 0 Å². The van der Waals surface area contributed by atoms with E-state index in [0.29, 0.717) is 11.1 Å². The van der Waals surface area contributed by atoms with Crippen LogP contribution in [0.1, 0.15) is 32.3 Å². The maximum Gasteiger partial charge on any atom is 0.269 e. The summed E-state index contributed by atoms with van der Waals surface area (Å²) in [5.41, 5.74) is 5.66. The smallest absolute Gasteiger partial charge is 0.269 e. The Labute approximate surface area is 185 Å². The average Bonchev–Trinajstić information content (AvgIpc) is 2.81. The lowest BCUT2D eigenvalue weighted by molar-refractivity contribution is -0.123. The van der Waals surface area contributed by atoms with Crippen LogP contribution in [0, 0.1) is 0 Å². The number of rotatable bonds is 6. The van der Waals surface area contributed by atoms with Crippen LogP contribution in [0.2, 0.25) is 0 Å². The maximum absolute atomic E-state index is 12.8. The van der Waals surface area contributed by atoms with Gasteiger partial charge in [0.2, 0.25) is 0 Å². The van der Waals surface area contributed by atoms with E-state index < -0.39 is 33.6 Å². The zero-order valence-electron chi connectivity index (χ0n) is 17.1. The van der Waals surface area contributed by atoms with Crippen LogP contribution in [0.5, 0.6) is 0 Å². The summed E-state index contributed by atoms with van der Waals surface area (Å²) in [5, 5.41) is 2.67. The molecule has 1 unspecified atom stereocenters. The number of nitrogens with one attached hydrogen (secondary N) is 3. The zero-order chi connectivity index (χ0) is 23.1. The Balaban J connectivity index is 1.71. The van der Waals surface area contributed by atoms with E-state index in [-0.39, 0.29) is 10.5 Å². The molecule has 32 heavy (non-hydrogen) atoms. The van der Waals surface area contributed by atoms with Crippen molar-refractivity contribution in [2.24, 2.45) is 0 Å². The molecule has 0 saturated heterocycles. The summed E-state index contributed by atoms with van der Waals surface area (Å²) in [7, 11) is -3.39. The first kappa shape index (κ1) is 22.7. The van der Waals surface area contributed by atoms with Crippen LogP contribution in [0.25, 0.3) is 0 Å². The number of hydrazine groups is 1. The van der Waals surface area contributed by atoms with E-state index in [4.69, 9.17) is 0 Å². The van der Waals surface area contributed by atoms with Crippen LogP contribution in [-0.4, -0.2) is 32.4 Å². The first-order valence-electron chi connectivity index (χ1n) is 9.57. The van der Waals surface area contributed by atoms with E-state index in [9.17, 15) is 22.8 Å². The van der Waals surface area contributed by atoms with Crippen molar-refractivity contribution >= 4 is 27.6 Å². The molecule has 0 fully saturated rings. The predicted molar refractivity (Wildman–Crippen MR) is 118 cm³/mol. The van der Waals surface area contributed by atoms with Crippen LogP contribution in [-0.2, 0) is 14.6 Å². The minimum absolute atomic E-state index is 0.0749. The van der Waals surface area contributed by atoms with Gasteiger partial charge in [0.25, 0.3) is 17.7 Å². The van der Waals surface area contributed by atoms with Crippen molar-refractivity contribution in [3.8, 4) is 0 Å². The second kappa shape index (κ2) is 9.88. The molecule has 9 heteroatoms. The molecule has 1 atom stereocenters. The second-order valence-corrected chi connectivity index (χ2v) is 8.94. The number of benzene rings is 3. The summed E-state index contributed by atoms with van der Waals surface area (Å²) in [6.45, 7) is 0. The predicted octanol–water partition coefficient (Wildman–Crippen LogP) is 2.02. The third-order valence-electron chi connectivity index (χ3n) is 4.55. The van der Waals surface area contributed by atoms with E-state index >= 15 is 0 Å². The van der Waals surface area contributed by atoms with E-state index in [1.807, 2.05) is 0 Å². The maximum atomic E-state index is 12.8. The molecule has 3 aromatic carbocycles. The third kappa shape index (κ3) is 5.79. The van der Waals surface area contributed by atoms with Gasteiger partial charge in [0.05, 0.1) is 4.90 Å². The lowest BCUT2D eigenvalue weighted by Gasteiger charge is -2.19. The number of hydrogen-bond acceptors (Lipinski definition) is 5. The average molecular weight is 452 g/mol. The molecule has 8 nitrogen and oxygen atoms in total. The molecule has 3 amide bonds. The van der Waals surface area contributed by atoms with Crippen LogP contribution < -0.4 is 16.2 Å². The van der Waals surface area contributed by atoms with E-state index in [2.05, 4.69) is 16.2 Å². The van der Waals surface area contributed by atoms with Gasteiger partial charge in [-0.25, -0.2) is 8.42 Å². The highest BCUT2D eigenvalue weighted by atomic mass is 32.2. The largest absolute Gasteiger partial charge is 0.336 e. The SMILES string of the molecule is CS(=O)(=O)c1ccc(C(=O)NNC(=O)C(NC(=O)c2ccccc2)c2ccccc2)cc1. The van der Waals surface area contributed by atoms with E-state index in [0.717, 1.165) is 6.26 Å². The van der Waals surface area contributed by atoms with Gasteiger partial charge in [0, 0.05) is 17.4 Å². The summed E-state index contributed by atoms with van der Waals surface area (Å²) in [6.07, 6.45) is 1.07. The topological polar surface area (TPSA) is 121 Å². The standard InChI is InChI=1S/C23H21N3O5S/c1-32(30,31)19-14-12-18(13-15-19)22(28)25-26-23(29)20(16-8-4-2-5-9-16)24-21(27)17-10-6-3-7-11-17/h2-15,20H,1H3,(H,24,27)(H,25,28)(H,26,29). The van der Waals surface area contributed by atoms with Crippen LogP contribution in [0.15, 0.2) is 89.8 Å². The molecule has 3 rings (SSSR count). The van der Waals surface area contributed by atoms with Crippen LogP contribution in [0.3, 0.4) is 0 Å². The number of carbonyl (C=O) groups is 3. The van der Waals surface area contributed by atoms with Crippen molar-refractivity contribution < 1.29 is 22.8 Å².